The molecule has 2 aromatic heterocycles. The van der Waals surface area contributed by atoms with Crippen LogP contribution in [0.2, 0.25) is 0 Å². The largest absolute Gasteiger partial charge is 0.453 e. The van der Waals surface area contributed by atoms with Crippen LogP contribution in [0.3, 0.4) is 0 Å². The molecule has 0 aliphatic carbocycles. The minimum atomic E-state index is -2.97. The van der Waals surface area contributed by atoms with Gasteiger partial charge in [0.25, 0.3) is 5.92 Å². The highest BCUT2D eigenvalue weighted by atomic mass is 19.3. The Labute approximate surface area is 306 Å². The molecular weight excluding hydrogens is 680 g/mol. The van der Waals surface area contributed by atoms with E-state index in [0.29, 0.717) is 23.7 Å². The predicted molar refractivity (Wildman–Crippen MR) is 198 cm³/mol. The van der Waals surface area contributed by atoms with Gasteiger partial charge in [0.1, 0.15) is 17.7 Å². The van der Waals surface area contributed by atoms with E-state index >= 15 is 0 Å². The molecule has 278 valence electrons. The van der Waals surface area contributed by atoms with Crippen molar-refractivity contribution in [2.75, 3.05) is 20.2 Å². The number of benzene rings is 3. The second kappa shape index (κ2) is 14.2. The average Bonchev–Trinajstić information content (AvgIpc) is 3.94. The van der Waals surface area contributed by atoms with Crippen LogP contribution >= 0.6 is 0 Å². The highest BCUT2D eigenvalue weighted by Gasteiger charge is 2.48. The monoisotopic (exact) mass is 725 g/mol. The van der Waals surface area contributed by atoms with E-state index in [1.165, 1.54) is 12.0 Å². The standard InChI is InChI=1S/C40H45F2N7O4/c1-22(2)17-33(50)49-21-40(41,42)19-32(49)37-44-29-15-13-27-18-26(12-14-28(27)35(29)46-37)24-8-10-25(11-9-24)30-20-43-36(45-30)31-7-6-16-48(31)38(51)34(23(3)4)47-39(52)53-5/h8-15,18,20,22-23,31-32,34H,6-7,16-17,19,21H2,1-5H3,(H,43,45)(H,44,46)(H,47,52)/t31-,32-,34-/m0/s1. The summed E-state index contributed by atoms with van der Waals surface area (Å²) in [4.78, 5) is 57.6. The first kappa shape index (κ1) is 36.0. The lowest BCUT2D eigenvalue weighted by Crippen LogP contribution is -2.51. The van der Waals surface area contributed by atoms with Crippen molar-refractivity contribution in [3.05, 3.63) is 72.4 Å². The number of aromatic nitrogens is 4. The molecule has 53 heavy (non-hydrogen) atoms. The van der Waals surface area contributed by atoms with Crippen molar-refractivity contribution in [1.29, 1.82) is 0 Å². The predicted octanol–water partition coefficient (Wildman–Crippen LogP) is 7.77. The number of amides is 3. The lowest BCUT2D eigenvalue weighted by Gasteiger charge is -2.30. The number of fused-ring (bicyclic) bond motifs is 3. The summed E-state index contributed by atoms with van der Waals surface area (Å²) in [6.45, 7) is 7.57. The molecule has 5 aromatic rings. The highest BCUT2D eigenvalue weighted by molar-refractivity contribution is 6.05. The van der Waals surface area contributed by atoms with Gasteiger partial charge in [-0.15, -0.1) is 0 Å². The van der Waals surface area contributed by atoms with Gasteiger partial charge in [0.2, 0.25) is 11.8 Å². The number of methoxy groups -OCH3 is 1. The number of alkyl halides is 2. The number of hydrogen-bond acceptors (Lipinski definition) is 6. The van der Waals surface area contributed by atoms with Gasteiger partial charge in [-0.05, 0) is 58.9 Å². The van der Waals surface area contributed by atoms with E-state index in [9.17, 15) is 23.2 Å². The number of aromatic amines is 2. The molecular formula is C40H45F2N7O4. The first-order valence-electron chi connectivity index (χ1n) is 18.2. The van der Waals surface area contributed by atoms with Gasteiger partial charge in [0.05, 0.1) is 48.7 Å². The fourth-order valence-electron chi connectivity index (χ4n) is 7.64. The van der Waals surface area contributed by atoms with Gasteiger partial charge in [-0.25, -0.2) is 23.5 Å². The van der Waals surface area contributed by atoms with E-state index < -0.39 is 37.1 Å². The van der Waals surface area contributed by atoms with Gasteiger partial charge in [-0.1, -0.05) is 70.2 Å². The number of alkyl carbamates (subject to hydrolysis) is 1. The Kier molecular flexibility index (Phi) is 9.69. The maximum atomic E-state index is 14.6. The summed E-state index contributed by atoms with van der Waals surface area (Å²) in [5.41, 5.74) is 5.21. The number of halogens is 2. The summed E-state index contributed by atoms with van der Waals surface area (Å²) in [6, 6.07) is 16.4. The summed E-state index contributed by atoms with van der Waals surface area (Å²) in [5.74, 6) is -2.37. The number of H-pyrrole nitrogens is 2. The van der Waals surface area contributed by atoms with Crippen LogP contribution in [0.5, 0.6) is 0 Å². The number of nitrogens with zero attached hydrogens (tertiary/aromatic N) is 4. The van der Waals surface area contributed by atoms with Crippen molar-refractivity contribution in [3.8, 4) is 22.4 Å². The van der Waals surface area contributed by atoms with Gasteiger partial charge in [-0.3, -0.25) is 9.59 Å². The van der Waals surface area contributed by atoms with E-state index in [0.717, 1.165) is 51.5 Å². The minimum absolute atomic E-state index is 0.0650. The van der Waals surface area contributed by atoms with E-state index in [-0.39, 0.29) is 36.1 Å². The Morgan fingerprint density at radius 3 is 2.40 bits per heavy atom. The molecule has 11 nitrogen and oxygen atoms in total. The maximum Gasteiger partial charge on any atom is 0.407 e. The van der Waals surface area contributed by atoms with Crippen LogP contribution in [0.4, 0.5) is 13.6 Å². The van der Waals surface area contributed by atoms with Crippen molar-refractivity contribution >= 4 is 39.7 Å². The second-order valence-corrected chi connectivity index (χ2v) is 15.0. The number of hydrogen-bond donors (Lipinski definition) is 3. The van der Waals surface area contributed by atoms with Crippen molar-refractivity contribution < 1.29 is 27.9 Å². The average molecular weight is 726 g/mol. The summed E-state index contributed by atoms with van der Waals surface area (Å²) >= 11 is 0. The van der Waals surface area contributed by atoms with Crippen LogP contribution in [0.25, 0.3) is 44.2 Å². The molecule has 2 saturated heterocycles. The molecule has 3 N–H and O–H groups in total. The van der Waals surface area contributed by atoms with Crippen molar-refractivity contribution in [3.63, 3.8) is 0 Å². The third-order valence-corrected chi connectivity index (χ3v) is 10.3. The van der Waals surface area contributed by atoms with E-state index in [2.05, 4.69) is 26.3 Å². The molecule has 7 rings (SSSR count). The molecule has 13 heteroatoms. The molecule has 2 aliphatic heterocycles. The molecule has 0 spiro atoms. The van der Waals surface area contributed by atoms with Crippen molar-refractivity contribution in [1.82, 2.24) is 35.1 Å². The van der Waals surface area contributed by atoms with Crippen molar-refractivity contribution in [2.24, 2.45) is 11.8 Å². The molecule has 2 aliphatic rings. The molecule has 0 radical (unpaired) electrons. The summed E-state index contributed by atoms with van der Waals surface area (Å²) < 4.78 is 33.9. The number of likely N-dealkylation sites (tertiary alicyclic amines) is 2. The minimum Gasteiger partial charge on any atom is -0.453 e. The van der Waals surface area contributed by atoms with Crippen LogP contribution in [0.15, 0.2) is 60.8 Å². The Balaban J connectivity index is 1.09. The number of carbonyl (C=O) groups is 3. The summed E-state index contributed by atoms with van der Waals surface area (Å²) in [5, 5.41) is 4.53. The fraction of sp³-hybridized carbons (Fsp3) is 0.425. The van der Waals surface area contributed by atoms with Gasteiger partial charge in [0.15, 0.2) is 0 Å². The molecule has 0 unspecified atom stereocenters. The second-order valence-electron chi connectivity index (χ2n) is 15.0. The first-order valence-corrected chi connectivity index (χ1v) is 18.2. The van der Waals surface area contributed by atoms with Crippen molar-refractivity contribution in [2.45, 2.75) is 77.4 Å². The molecule has 0 bridgehead atoms. The van der Waals surface area contributed by atoms with E-state index in [4.69, 9.17) is 9.72 Å². The van der Waals surface area contributed by atoms with Gasteiger partial charge < -0.3 is 29.8 Å². The smallest absolute Gasteiger partial charge is 0.407 e. The topological polar surface area (TPSA) is 136 Å². The van der Waals surface area contributed by atoms with Crippen LogP contribution in [-0.4, -0.2) is 79.8 Å². The molecule has 4 heterocycles. The van der Waals surface area contributed by atoms with Gasteiger partial charge in [0, 0.05) is 24.8 Å². The van der Waals surface area contributed by atoms with Gasteiger partial charge >= 0.3 is 6.09 Å². The third kappa shape index (κ3) is 7.21. The van der Waals surface area contributed by atoms with Crippen LogP contribution < -0.4 is 5.32 Å². The summed E-state index contributed by atoms with van der Waals surface area (Å²) in [7, 11) is 1.28. The van der Waals surface area contributed by atoms with Gasteiger partial charge in [-0.2, -0.15) is 0 Å². The first-order chi connectivity index (χ1) is 25.3. The zero-order valence-electron chi connectivity index (χ0n) is 30.6. The quantitative estimate of drug-likeness (QED) is 0.142. The Bertz CT molecular complexity index is 2160. The number of nitrogens with one attached hydrogen (secondary N) is 3. The number of carbonyl (C=O) groups excluding carboxylic acids is 3. The molecule has 3 aromatic carbocycles. The molecule has 3 amide bonds. The number of ether oxygens (including phenoxy) is 1. The Morgan fingerprint density at radius 2 is 1.68 bits per heavy atom. The molecule has 3 atom stereocenters. The van der Waals surface area contributed by atoms with Crippen LogP contribution in [-0.2, 0) is 14.3 Å². The van der Waals surface area contributed by atoms with Crippen LogP contribution in [0, 0.1) is 11.8 Å². The van der Waals surface area contributed by atoms with Crippen LogP contribution in [0.1, 0.15) is 77.1 Å². The lowest BCUT2D eigenvalue weighted by molar-refractivity contribution is -0.135. The SMILES string of the molecule is COC(=O)N[C@H](C(=O)N1CCC[C@H]1c1ncc(-c2ccc(-c3ccc4c(ccc5[nH]c([C@@H]6CC(F)(F)CN6C(=O)CC(C)C)nc54)c3)cc2)[nH]1)C(C)C. The number of imidazole rings is 2. The highest BCUT2D eigenvalue weighted by Crippen LogP contribution is 2.42. The lowest BCUT2D eigenvalue weighted by atomic mass is 9.99. The fourth-order valence-corrected chi connectivity index (χ4v) is 7.64. The zero-order valence-corrected chi connectivity index (χ0v) is 30.6. The molecule has 2 fully saturated rings. The Morgan fingerprint density at radius 1 is 0.943 bits per heavy atom. The number of rotatable bonds is 9. The Hall–Kier alpha value is -5.33. The third-order valence-electron chi connectivity index (χ3n) is 10.3. The normalized spacial score (nSPS) is 19.1. The van der Waals surface area contributed by atoms with E-state index in [1.54, 1.807) is 11.1 Å². The van der Waals surface area contributed by atoms with E-state index in [1.807, 2.05) is 76.2 Å². The zero-order chi connectivity index (χ0) is 37.6. The summed E-state index contributed by atoms with van der Waals surface area (Å²) in [6.07, 6.45) is 2.50. The molecule has 0 saturated carbocycles. The maximum absolute atomic E-state index is 14.6.